The molecule has 6 heteroatoms. The molecule has 0 saturated carbocycles. The van der Waals surface area contributed by atoms with Crippen molar-refractivity contribution in [2.24, 2.45) is 0 Å². The van der Waals surface area contributed by atoms with E-state index in [2.05, 4.69) is 28.4 Å². The zero-order chi connectivity index (χ0) is 20.1. The molecule has 1 fully saturated rings. The number of ether oxygens (including phenoxy) is 2. The summed E-state index contributed by atoms with van der Waals surface area (Å²) < 4.78 is 11.1. The van der Waals surface area contributed by atoms with Crippen LogP contribution >= 0.6 is 11.8 Å². The van der Waals surface area contributed by atoms with Gasteiger partial charge in [-0.25, -0.2) is 0 Å². The first kappa shape index (κ1) is 19.9. The Balaban J connectivity index is 1.39. The molecule has 0 aliphatic carbocycles. The average molecular weight is 411 g/mol. The van der Waals surface area contributed by atoms with E-state index in [9.17, 15) is 4.79 Å². The molecular formula is C23H26N2O3S. The predicted octanol–water partition coefficient (Wildman–Crippen LogP) is 3.97. The van der Waals surface area contributed by atoms with Gasteiger partial charge in [0, 0.05) is 42.9 Å². The minimum atomic E-state index is -0.144. The standard InChI is InChI=1S/C23H26N2O3S/c1-17-2-3-19(16-25-8-12-29-13-9-25)14-20(17)24-23(26)7-5-18-4-6-21-22(15-18)28-11-10-27-21/h2-7,14-15H,8-13,16H2,1H3,(H,24,26)/b7-5+. The highest BCUT2D eigenvalue weighted by Crippen LogP contribution is 2.31. The molecule has 1 saturated heterocycles. The van der Waals surface area contributed by atoms with Crippen LogP contribution in [0.1, 0.15) is 16.7 Å². The summed E-state index contributed by atoms with van der Waals surface area (Å²) in [4.78, 5) is 14.9. The van der Waals surface area contributed by atoms with E-state index in [-0.39, 0.29) is 5.91 Å². The van der Waals surface area contributed by atoms with E-state index in [0.717, 1.165) is 47.9 Å². The van der Waals surface area contributed by atoms with Crippen LogP contribution in [-0.4, -0.2) is 48.6 Å². The first-order valence-electron chi connectivity index (χ1n) is 9.96. The molecule has 1 amide bonds. The molecule has 0 atom stereocenters. The van der Waals surface area contributed by atoms with Gasteiger partial charge in [-0.15, -0.1) is 0 Å². The third-order valence-corrected chi connectivity index (χ3v) is 6.01. The zero-order valence-electron chi connectivity index (χ0n) is 16.6. The van der Waals surface area contributed by atoms with Crippen LogP contribution in [0.4, 0.5) is 5.69 Å². The molecule has 1 N–H and O–H groups in total. The molecule has 0 unspecified atom stereocenters. The number of aryl methyl sites for hydroxylation is 1. The second-order valence-electron chi connectivity index (χ2n) is 7.26. The Labute approximate surface area is 176 Å². The molecule has 29 heavy (non-hydrogen) atoms. The molecule has 0 spiro atoms. The fourth-order valence-electron chi connectivity index (χ4n) is 3.43. The van der Waals surface area contributed by atoms with Crippen LogP contribution < -0.4 is 14.8 Å². The third kappa shape index (κ3) is 5.34. The quantitative estimate of drug-likeness (QED) is 0.756. The van der Waals surface area contributed by atoms with Crippen LogP contribution in [0.3, 0.4) is 0 Å². The summed E-state index contributed by atoms with van der Waals surface area (Å²) in [6.07, 6.45) is 3.34. The van der Waals surface area contributed by atoms with Crippen molar-refractivity contribution in [3.8, 4) is 11.5 Å². The maximum Gasteiger partial charge on any atom is 0.248 e. The summed E-state index contributed by atoms with van der Waals surface area (Å²) in [5.74, 6) is 3.71. The van der Waals surface area contributed by atoms with Gasteiger partial charge in [0.2, 0.25) is 5.91 Å². The number of carbonyl (C=O) groups excluding carboxylic acids is 1. The highest BCUT2D eigenvalue weighted by molar-refractivity contribution is 7.99. The van der Waals surface area contributed by atoms with Crippen molar-refractivity contribution in [2.75, 3.05) is 43.1 Å². The average Bonchev–Trinajstić information content (AvgIpc) is 2.75. The summed E-state index contributed by atoms with van der Waals surface area (Å²) in [6.45, 7) is 6.31. The lowest BCUT2D eigenvalue weighted by Crippen LogP contribution is -2.31. The van der Waals surface area contributed by atoms with Gasteiger partial charge in [-0.1, -0.05) is 18.2 Å². The monoisotopic (exact) mass is 410 g/mol. The van der Waals surface area contributed by atoms with E-state index in [1.54, 1.807) is 12.2 Å². The molecule has 2 heterocycles. The van der Waals surface area contributed by atoms with Crippen LogP contribution in [0, 0.1) is 6.92 Å². The van der Waals surface area contributed by atoms with Gasteiger partial charge in [0.15, 0.2) is 11.5 Å². The SMILES string of the molecule is Cc1ccc(CN2CCSCC2)cc1NC(=O)/C=C/c1ccc2c(c1)OCCO2. The lowest BCUT2D eigenvalue weighted by atomic mass is 10.1. The van der Waals surface area contributed by atoms with Gasteiger partial charge in [0.1, 0.15) is 13.2 Å². The Morgan fingerprint density at radius 1 is 1.10 bits per heavy atom. The van der Waals surface area contributed by atoms with Crippen LogP contribution in [0.5, 0.6) is 11.5 Å². The first-order valence-corrected chi connectivity index (χ1v) is 11.1. The predicted molar refractivity (Wildman–Crippen MR) is 119 cm³/mol. The minimum absolute atomic E-state index is 0.144. The van der Waals surface area contributed by atoms with E-state index in [4.69, 9.17) is 9.47 Å². The number of thioether (sulfide) groups is 1. The van der Waals surface area contributed by atoms with Crippen LogP contribution in [0.25, 0.3) is 6.08 Å². The van der Waals surface area contributed by atoms with Crippen molar-refractivity contribution >= 4 is 29.4 Å². The third-order valence-electron chi connectivity index (χ3n) is 5.06. The van der Waals surface area contributed by atoms with Gasteiger partial charge in [-0.2, -0.15) is 11.8 Å². The number of hydrogen-bond acceptors (Lipinski definition) is 5. The van der Waals surface area contributed by atoms with Crippen molar-refractivity contribution in [2.45, 2.75) is 13.5 Å². The zero-order valence-corrected chi connectivity index (χ0v) is 17.5. The van der Waals surface area contributed by atoms with Crippen LogP contribution in [-0.2, 0) is 11.3 Å². The van der Waals surface area contributed by atoms with Crippen molar-refractivity contribution in [1.82, 2.24) is 4.90 Å². The second-order valence-corrected chi connectivity index (χ2v) is 8.49. The van der Waals surface area contributed by atoms with E-state index in [0.29, 0.717) is 13.2 Å². The summed E-state index contributed by atoms with van der Waals surface area (Å²) in [5, 5.41) is 3.02. The van der Waals surface area contributed by atoms with Gasteiger partial charge >= 0.3 is 0 Å². The maximum atomic E-state index is 12.5. The van der Waals surface area contributed by atoms with Gasteiger partial charge < -0.3 is 14.8 Å². The highest BCUT2D eigenvalue weighted by Gasteiger charge is 2.13. The minimum Gasteiger partial charge on any atom is -0.486 e. The maximum absolute atomic E-state index is 12.5. The largest absolute Gasteiger partial charge is 0.486 e. The number of rotatable bonds is 5. The second kappa shape index (κ2) is 9.37. The Kier molecular flexibility index (Phi) is 6.42. The highest BCUT2D eigenvalue weighted by atomic mass is 32.2. The molecule has 0 bridgehead atoms. The Bertz CT molecular complexity index is 907. The number of nitrogens with one attached hydrogen (secondary N) is 1. The fraction of sp³-hybridized carbons (Fsp3) is 0.348. The van der Waals surface area contributed by atoms with Crippen LogP contribution in [0.15, 0.2) is 42.5 Å². The summed E-state index contributed by atoms with van der Waals surface area (Å²) in [5.41, 5.74) is 4.06. The smallest absolute Gasteiger partial charge is 0.248 e. The van der Waals surface area contributed by atoms with Crippen molar-refractivity contribution < 1.29 is 14.3 Å². The molecule has 2 aromatic rings. The number of carbonyl (C=O) groups is 1. The first-order chi connectivity index (χ1) is 14.2. The summed E-state index contributed by atoms with van der Waals surface area (Å²) >= 11 is 2.01. The van der Waals surface area contributed by atoms with E-state index >= 15 is 0 Å². The fourth-order valence-corrected chi connectivity index (χ4v) is 4.41. The molecule has 2 aliphatic rings. The number of anilines is 1. The lowest BCUT2D eigenvalue weighted by Gasteiger charge is -2.26. The molecule has 2 aliphatic heterocycles. The molecule has 4 rings (SSSR count). The van der Waals surface area contributed by atoms with E-state index < -0.39 is 0 Å². The number of fused-ring (bicyclic) bond motifs is 1. The number of nitrogens with zero attached hydrogens (tertiary/aromatic N) is 1. The molecular weight excluding hydrogens is 384 g/mol. The summed E-state index contributed by atoms with van der Waals surface area (Å²) in [6, 6.07) is 12.0. The van der Waals surface area contributed by atoms with Crippen molar-refractivity contribution in [3.63, 3.8) is 0 Å². The van der Waals surface area contributed by atoms with E-state index in [1.807, 2.05) is 36.9 Å². The lowest BCUT2D eigenvalue weighted by molar-refractivity contribution is -0.111. The van der Waals surface area contributed by atoms with Crippen molar-refractivity contribution in [3.05, 3.63) is 59.2 Å². The Hall–Kier alpha value is -2.44. The van der Waals surface area contributed by atoms with E-state index in [1.165, 1.54) is 17.1 Å². The molecule has 5 nitrogen and oxygen atoms in total. The van der Waals surface area contributed by atoms with Crippen molar-refractivity contribution in [1.29, 1.82) is 0 Å². The van der Waals surface area contributed by atoms with Crippen LogP contribution in [0.2, 0.25) is 0 Å². The number of hydrogen-bond donors (Lipinski definition) is 1. The molecule has 2 aromatic carbocycles. The van der Waals surface area contributed by atoms with Gasteiger partial charge in [-0.05, 0) is 47.9 Å². The number of amides is 1. The van der Waals surface area contributed by atoms with Gasteiger partial charge in [-0.3, -0.25) is 9.69 Å². The molecule has 152 valence electrons. The van der Waals surface area contributed by atoms with Gasteiger partial charge in [0.25, 0.3) is 0 Å². The normalized spacial score (nSPS) is 16.7. The Morgan fingerprint density at radius 3 is 2.72 bits per heavy atom. The molecule has 0 aromatic heterocycles. The number of benzene rings is 2. The topological polar surface area (TPSA) is 50.8 Å². The molecule has 0 radical (unpaired) electrons. The summed E-state index contributed by atoms with van der Waals surface area (Å²) in [7, 11) is 0. The Morgan fingerprint density at radius 2 is 1.90 bits per heavy atom. The van der Waals surface area contributed by atoms with Gasteiger partial charge in [0.05, 0.1) is 0 Å².